The lowest BCUT2D eigenvalue weighted by Gasteiger charge is -2.09. The van der Waals surface area contributed by atoms with Gasteiger partial charge in [0, 0.05) is 11.1 Å². The second-order valence-corrected chi connectivity index (χ2v) is 6.34. The molecule has 2 aromatic rings. The molecule has 118 valence electrons. The summed E-state index contributed by atoms with van der Waals surface area (Å²) in [5.74, 6) is 0.464. The van der Waals surface area contributed by atoms with Gasteiger partial charge in [0.2, 0.25) is 0 Å². The second-order valence-electron chi connectivity index (χ2n) is 4.82. The SMILES string of the molecule is Cc1nc(COc2ccc(Cl)cc2)sc1C(=O)NC(C)CO. The van der Waals surface area contributed by atoms with E-state index in [0.717, 1.165) is 0 Å². The van der Waals surface area contributed by atoms with Gasteiger partial charge in [-0.1, -0.05) is 11.6 Å². The van der Waals surface area contributed by atoms with Crippen LogP contribution >= 0.6 is 22.9 Å². The fraction of sp³-hybridized carbons (Fsp3) is 0.333. The first-order valence-electron chi connectivity index (χ1n) is 6.76. The van der Waals surface area contributed by atoms with Crippen LogP contribution in [0.25, 0.3) is 0 Å². The lowest BCUT2D eigenvalue weighted by Crippen LogP contribution is -2.34. The number of aromatic nitrogens is 1. The number of halogens is 1. The average molecular weight is 341 g/mol. The van der Waals surface area contributed by atoms with Crippen LogP contribution < -0.4 is 10.1 Å². The van der Waals surface area contributed by atoms with Crippen LogP contribution in [-0.4, -0.2) is 28.6 Å². The van der Waals surface area contributed by atoms with E-state index in [-0.39, 0.29) is 25.2 Å². The number of aryl methyl sites for hydroxylation is 1. The molecule has 0 saturated heterocycles. The van der Waals surface area contributed by atoms with Crippen molar-refractivity contribution in [2.75, 3.05) is 6.61 Å². The lowest BCUT2D eigenvalue weighted by molar-refractivity contribution is 0.0925. The Hall–Kier alpha value is -1.63. The Balaban J connectivity index is 2.00. The zero-order valence-corrected chi connectivity index (χ0v) is 13.9. The van der Waals surface area contributed by atoms with Crippen LogP contribution in [0.15, 0.2) is 24.3 Å². The van der Waals surface area contributed by atoms with Crippen LogP contribution in [0, 0.1) is 6.92 Å². The van der Waals surface area contributed by atoms with E-state index in [1.54, 1.807) is 38.1 Å². The molecule has 0 aliphatic rings. The highest BCUT2D eigenvalue weighted by Crippen LogP contribution is 2.21. The van der Waals surface area contributed by atoms with E-state index >= 15 is 0 Å². The van der Waals surface area contributed by atoms with Crippen LogP contribution in [0.5, 0.6) is 5.75 Å². The van der Waals surface area contributed by atoms with E-state index in [4.69, 9.17) is 21.4 Å². The molecular formula is C15H17ClN2O3S. The summed E-state index contributed by atoms with van der Waals surface area (Å²) < 4.78 is 5.61. The number of benzene rings is 1. The minimum absolute atomic E-state index is 0.101. The highest BCUT2D eigenvalue weighted by molar-refractivity contribution is 7.13. The number of amides is 1. The number of nitrogens with one attached hydrogen (secondary N) is 1. The molecular weight excluding hydrogens is 324 g/mol. The summed E-state index contributed by atoms with van der Waals surface area (Å²) in [6, 6.07) is 6.76. The van der Waals surface area contributed by atoms with Crippen LogP contribution in [0.3, 0.4) is 0 Å². The first-order chi connectivity index (χ1) is 10.5. The molecule has 1 aromatic heterocycles. The van der Waals surface area contributed by atoms with Gasteiger partial charge < -0.3 is 15.2 Å². The molecule has 5 nitrogen and oxygen atoms in total. The second kappa shape index (κ2) is 7.58. The van der Waals surface area contributed by atoms with Gasteiger partial charge in [-0.3, -0.25) is 4.79 Å². The van der Waals surface area contributed by atoms with Crippen LogP contribution in [0.4, 0.5) is 0 Å². The number of rotatable bonds is 6. The fourth-order valence-corrected chi connectivity index (χ4v) is 2.74. The molecule has 1 unspecified atom stereocenters. The van der Waals surface area contributed by atoms with Gasteiger partial charge in [0.1, 0.15) is 22.2 Å². The van der Waals surface area contributed by atoms with E-state index in [1.807, 2.05) is 0 Å². The van der Waals surface area contributed by atoms with Gasteiger partial charge in [-0.2, -0.15) is 0 Å². The predicted molar refractivity (Wildman–Crippen MR) is 86.6 cm³/mol. The molecule has 2 N–H and O–H groups in total. The molecule has 0 spiro atoms. The zero-order valence-electron chi connectivity index (χ0n) is 12.3. The first-order valence-corrected chi connectivity index (χ1v) is 7.95. The third-order valence-corrected chi connectivity index (χ3v) is 4.26. The van der Waals surface area contributed by atoms with Crippen molar-refractivity contribution in [1.29, 1.82) is 0 Å². The Morgan fingerprint density at radius 2 is 2.14 bits per heavy atom. The van der Waals surface area contributed by atoms with Gasteiger partial charge in [-0.15, -0.1) is 11.3 Å². The lowest BCUT2D eigenvalue weighted by atomic mass is 10.3. The smallest absolute Gasteiger partial charge is 0.263 e. The number of nitrogens with zero attached hydrogens (tertiary/aromatic N) is 1. The van der Waals surface area contributed by atoms with Crippen molar-refractivity contribution in [2.45, 2.75) is 26.5 Å². The molecule has 0 aliphatic carbocycles. The Labute approximate surface area is 137 Å². The Kier molecular flexibility index (Phi) is 5.76. The van der Waals surface area contributed by atoms with Crippen LogP contribution in [0.2, 0.25) is 5.02 Å². The van der Waals surface area contributed by atoms with Crippen molar-refractivity contribution in [1.82, 2.24) is 10.3 Å². The standard InChI is InChI=1S/C15H17ClN2O3S/c1-9(7-19)17-15(20)14-10(2)18-13(22-14)8-21-12-5-3-11(16)4-6-12/h3-6,9,19H,7-8H2,1-2H3,(H,17,20). The Morgan fingerprint density at radius 3 is 2.77 bits per heavy atom. The van der Waals surface area contributed by atoms with Crippen molar-refractivity contribution in [3.63, 3.8) is 0 Å². The maximum Gasteiger partial charge on any atom is 0.263 e. The minimum Gasteiger partial charge on any atom is -0.486 e. The first kappa shape index (κ1) is 16.7. The van der Waals surface area contributed by atoms with Crippen molar-refractivity contribution >= 4 is 28.8 Å². The van der Waals surface area contributed by atoms with Crippen molar-refractivity contribution in [2.24, 2.45) is 0 Å². The number of aliphatic hydroxyl groups is 1. The number of hydrogen-bond donors (Lipinski definition) is 2. The minimum atomic E-state index is -0.289. The molecule has 1 amide bonds. The topological polar surface area (TPSA) is 71.5 Å². The maximum atomic E-state index is 12.1. The van der Waals surface area contributed by atoms with Crippen molar-refractivity contribution in [3.05, 3.63) is 44.9 Å². The summed E-state index contributed by atoms with van der Waals surface area (Å²) in [5, 5.41) is 13.0. The summed E-state index contributed by atoms with van der Waals surface area (Å²) in [6.07, 6.45) is 0. The van der Waals surface area contributed by atoms with E-state index in [0.29, 0.717) is 26.4 Å². The molecule has 0 radical (unpaired) electrons. The van der Waals surface area contributed by atoms with E-state index in [9.17, 15) is 4.79 Å². The zero-order chi connectivity index (χ0) is 16.1. The largest absolute Gasteiger partial charge is 0.486 e. The molecule has 1 atom stereocenters. The monoisotopic (exact) mass is 340 g/mol. The molecule has 2 rings (SSSR count). The number of carbonyl (C=O) groups excluding carboxylic acids is 1. The number of aliphatic hydroxyl groups excluding tert-OH is 1. The molecule has 0 bridgehead atoms. The van der Waals surface area contributed by atoms with Gasteiger partial charge in [-0.05, 0) is 38.1 Å². The number of thiazole rings is 1. The number of ether oxygens (including phenoxy) is 1. The average Bonchev–Trinajstić information content (AvgIpc) is 2.87. The molecule has 0 aliphatic heterocycles. The van der Waals surface area contributed by atoms with Gasteiger partial charge in [-0.25, -0.2) is 4.98 Å². The molecule has 1 aromatic carbocycles. The molecule has 0 saturated carbocycles. The quantitative estimate of drug-likeness (QED) is 0.848. The summed E-state index contributed by atoms with van der Waals surface area (Å²) in [7, 11) is 0. The summed E-state index contributed by atoms with van der Waals surface area (Å²) in [4.78, 5) is 16.9. The van der Waals surface area contributed by atoms with Gasteiger partial charge in [0.25, 0.3) is 5.91 Å². The van der Waals surface area contributed by atoms with Gasteiger partial charge in [0.15, 0.2) is 0 Å². The van der Waals surface area contributed by atoms with Gasteiger partial charge >= 0.3 is 0 Å². The van der Waals surface area contributed by atoms with Crippen molar-refractivity contribution in [3.8, 4) is 5.75 Å². The third-order valence-electron chi connectivity index (χ3n) is 2.87. The fourth-order valence-electron chi connectivity index (χ4n) is 1.74. The molecule has 0 fully saturated rings. The molecule has 1 heterocycles. The number of carbonyl (C=O) groups is 1. The highest BCUT2D eigenvalue weighted by atomic mass is 35.5. The van der Waals surface area contributed by atoms with Crippen LogP contribution in [0.1, 0.15) is 27.3 Å². The van der Waals surface area contributed by atoms with Crippen LogP contribution in [-0.2, 0) is 6.61 Å². The summed E-state index contributed by atoms with van der Waals surface area (Å²) in [5.41, 5.74) is 0.655. The van der Waals surface area contributed by atoms with Crippen molar-refractivity contribution < 1.29 is 14.6 Å². The van der Waals surface area contributed by atoms with E-state index < -0.39 is 0 Å². The normalized spacial score (nSPS) is 12.0. The highest BCUT2D eigenvalue weighted by Gasteiger charge is 2.17. The van der Waals surface area contributed by atoms with E-state index in [1.165, 1.54) is 11.3 Å². The third kappa shape index (κ3) is 4.43. The van der Waals surface area contributed by atoms with Gasteiger partial charge in [0.05, 0.1) is 12.3 Å². The molecule has 22 heavy (non-hydrogen) atoms. The number of hydrogen-bond acceptors (Lipinski definition) is 5. The Morgan fingerprint density at radius 1 is 1.45 bits per heavy atom. The Bertz CT molecular complexity index is 643. The summed E-state index contributed by atoms with van der Waals surface area (Å²) in [6.45, 7) is 3.70. The van der Waals surface area contributed by atoms with E-state index in [2.05, 4.69) is 10.3 Å². The maximum absolute atomic E-state index is 12.1. The predicted octanol–water partition coefficient (Wildman–Crippen LogP) is 2.79. The molecule has 7 heteroatoms. The summed E-state index contributed by atoms with van der Waals surface area (Å²) >= 11 is 7.10.